The highest BCUT2D eigenvalue weighted by Gasteiger charge is 2.47. The Balaban J connectivity index is 1.29. The third kappa shape index (κ3) is 3.33. The zero-order valence-electron chi connectivity index (χ0n) is 14.7. The largest absolute Gasteiger partial charge is 0.458 e. The van der Waals surface area contributed by atoms with Gasteiger partial charge in [0.25, 0.3) is 0 Å². The molecule has 4 N–H and O–H groups in total. The van der Waals surface area contributed by atoms with Crippen molar-refractivity contribution in [2.45, 2.75) is 49.8 Å². The number of esters is 1. The van der Waals surface area contributed by atoms with Crippen LogP contribution in [0.25, 0.3) is 0 Å². The van der Waals surface area contributed by atoms with Gasteiger partial charge >= 0.3 is 5.97 Å². The summed E-state index contributed by atoms with van der Waals surface area (Å²) in [6, 6.07) is 8.37. The number of ether oxygens (including phenoxy) is 1. The van der Waals surface area contributed by atoms with Crippen molar-refractivity contribution in [2.75, 3.05) is 36.8 Å². The van der Waals surface area contributed by atoms with Crippen molar-refractivity contribution in [3.63, 3.8) is 0 Å². The lowest BCUT2D eigenvalue weighted by atomic mass is 9.86. The SMILES string of the molecule is Nc1ccc(N2CCC(N3CCC4(CC3)CC(N)C(=O)O4)CC2)cc1. The number of nitrogen functional groups attached to an aromatic ring is 1. The zero-order valence-corrected chi connectivity index (χ0v) is 14.7. The Labute approximate surface area is 149 Å². The summed E-state index contributed by atoms with van der Waals surface area (Å²) in [5.74, 6) is -0.217. The number of anilines is 2. The molecule has 3 fully saturated rings. The highest BCUT2D eigenvalue weighted by atomic mass is 16.6. The van der Waals surface area contributed by atoms with Gasteiger partial charge < -0.3 is 21.1 Å². The number of carbonyl (C=O) groups excluding carboxylic acids is 1. The highest BCUT2D eigenvalue weighted by molar-refractivity contribution is 5.78. The number of hydrogen-bond donors (Lipinski definition) is 2. The van der Waals surface area contributed by atoms with Crippen LogP contribution in [0.1, 0.15) is 32.1 Å². The molecule has 0 amide bonds. The maximum atomic E-state index is 11.6. The lowest BCUT2D eigenvalue weighted by Crippen LogP contribution is -2.51. The number of piperidine rings is 2. The number of benzene rings is 1. The second-order valence-corrected chi connectivity index (χ2v) is 7.76. The molecule has 6 heteroatoms. The Morgan fingerprint density at radius 2 is 1.68 bits per heavy atom. The molecule has 0 bridgehead atoms. The number of nitrogens with zero attached hydrogens (tertiary/aromatic N) is 2. The minimum Gasteiger partial charge on any atom is -0.458 e. The van der Waals surface area contributed by atoms with Crippen molar-refractivity contribution in [2.24, 2.45) is 5.73 Å². The molecule has 3 aliphatic rings. The second kappa shape index (κ2) is 6.50. The smallest absolute Gasteiger partial charge is 0.323 e. The summed E-state index contributed by atoms with van der Waals surface area (Å²) in [6.45, 7) is 4.17. The van der Waals surface area contributed by atoms with E-state index in [-0.39, 0.29) is 11.6 Å². The van der Waals surface area contributed by atoms with Crippen LogP contribution >= 0.6 is 0 Å². The van der Waals surface area contributed by atoms with Crippen molar-refractivity contribution < 1.29 is 9.53 Å². The van der Waals surface area contributed by atoms with Gasteiger partial charge in [0.15, 0.2) is 0 Å². The molecule has 0 radical (unpaired) electrons. The van der Waals surface area contributed by atoms with Gasteiger partial charge in [0.2, 0.25) is 0 Å². The van der Waals surface area contributed by atoms with Crippen molar-refractivity contribution in [1.29, 1.82) is 0 Å². The molecule has 4 rings (SSSR count). The first-order valence-corrected chi connectivity index (χ1v) is 9.38. The predicted octanol–water partition coefficient (Wildman–Crippen LogP) is 1.35. The fourth-order valence-electron chi connectivity index (χ4n) is 4.59. The standard InChI is InChI=1S/C19H28N4O2/c20-14-1-3-15(4-2-14)22-9-5-16(6-10-22)23-11-7-19(8-12-23)13-17(21)18(24)25-19/h1-4,16-17H,5-13,20-21H2. The molecule has 1 atom stereocenters. The molecule has 1 spiro atoms. The van der Waals surface area contributed by atoms with Gasteiger partial charge in [-0.1, -0.05) is 0 Å². The molecular weight excluding hydrogens is 316 g/mol. The van der Waals surface area contributed by atoms with Crippen LogP contribution in [0, 0.1) is 0 Å². The van der Waals surface area contributed by atoms with Gasteiger partial charge in [-0.15, -0.1) is 0 Å². The van der Waals surface area contributed by atoms with Gasteiger partial charge in [0.05, 0.1) is 0 Å². The van der Waals surface area contributed by atoms with E-state index in [2.05, 4.69) is 21.9 Å². The van der Waals surface area contributed by atoms with E-state index in [9.17, 15) is 4.79 Å². The summed E-state index contributed by atoms with van der Waals surface area (Å²) in [5.41, 5.74) is 13.4. The molecule has 3 saturated heterocycles. The average Bonchev–Trinajstić information content (AvgIpc) is 2.90. The fourth-order valence-corrected chi connectivity index (χ4v) is 4.59. The second-order valence-electron chi connectivity index (χ2n) is 7.76. The van der Waals surface area contributed by atoms with Gasteiger partial charge in [-0.2, -0.15) is 0 Å². The molecule has 3 heterocycles. The van der Waals surface area contributed by atoms with E-state index >= 15 is 0 Å². The molecular formula is C19H28N4O2. The van der Waals surface area contributed by atoms with Crippen LogP contribution in [0.4, 0.5) is 11.4 Å². The first-order valence-electron chi connectivity index (χ1n) is 9.38. The minimum atomic E-state index is -0.422. The van der Waals surface area contributed by atoms with E-state index in [0.29, 0.717) is 12.5 Å². The Hall–Kier alpha value is -1.79. The first-order chi connectivity index (χ1) is 12.0. The van der Waals surface area contributed by atoms with Gasteiger partial charge in [-0.05, 0) is 37.1 Å². The van der Waals surface area contributed by atoms with E-state index in [1.807, 2.05) is 12.1 Å². The normalized spacial score (nSPS) is 27.6. The topological polar surface area (TPSA) is 84.8 Å². The fraction of sp³-hybridized carbons (Fsp3) is 0.632. The molecule has 1 unspecified atom stereocenters. The summed E-state index contributed by atoms with van der Waals surface area (Å²) in [7, 11) is 0. The summed E-state index contributed by atoms with van der Waals surface area (Å²) >= 11 is 0. The van der Waals surface area contributed by atoms with E-state index in [4.69, 9.17) is 16.2 Å². The monoisotopic (exact) mass is 344 g/mol. The Bertz CT molecular complexity index is 617. The van der Waals surface area contributed by atoms with Gasteiger partial charge in [0, 0.05) is 62.9 Å². The summed E-state index contributed by atoms with van der Waals surface area (Å²) < 4.78 is 5.61. The van der Waals surface area contributed by atoms with E-state index in [1.165, 1.54) is 18.5 Å². The van der Waals surface area contributed by atoms with Crippen LogP contribution in [-0.2, 0) is 9.53 Å². The van der Waals surface area contributed by atoms with E-state index < -0.39 is 6.04 Å². The predicted molar refractivity (Wildman–Crippen MR) is 98.3 cm³/mol. The quantitative estimate of drug-likeness (QED) is 0.622. The zero-order chi connectivity index (χ0) is 17.4. The molecule has 0 aliphatic carbocycles. The third-order valence-electron chi connectivity index (χ3n) is 6.16. The third-order valence-corrected chi connectivity index (χ3v) is 6.16. The van der Waals surface area contributed by atoms with Crippen molar-refractivity contribution in [3.8, 4) is 0 Å². The number of nitrogens with two attached hydrogens (primary N) is 2. The number of hydrogen-bond acceptors (Lipinski definition) is 6. The Morgan fingerprint density at radius 1 is 1.04 bits per heavy atom. The number of likely N-dealkylation sites (tertiary alicyclic amines) is 1. The number of rotatable bonds is 2. The van der Waals surface area contributed by atoms with Crippen molar-refractivity contribution in [3.05, 3.63) is 24.3 Å². The maximum Gasteiger partial charge on any atom is 0.323 e. The van der Waals surface area contributed by atoms with Crippen LogP contribution in [0.15, 0.2) is 24.3 Å². The molecule has 25 heavy (non-hydrogen) atoms. The van der Waals surface area contributed by atoms with Crippen molar-refractivity contribution in [1.82, 2.24) is 4.90 Å². The summed E-state index contributed by atoms with van der Waals surface area (Å²) in [6.07, 6.45) is 4.89. The molecule has 3 aliphatic heterocycles. The summed E-state index contributed by atoms with van der Waals surface area (Å²) in [5, 5.41) is 0. The summed E-state index contributed by atoms with van der Waals surface area (Å²) in [4.78, 5) is 16.7. The molecule has 6 nitrogen and oxygen atoms in total. The van der Waals surface area contributed by atoms with Crippen LogP contribution in [0.3, 0.4) is 0 Å². The van der Waals surface area contributed by atoms with Gasteiger partial charge in [-0.25, -0.2) is 0 Å². The highest BCUT2D eigenvalue weighted by Crippen LogP contribution is 2.37. The molecule has 0 aromatic heterocycles. The average molecular weight is 344 g/mol. The lowest BCUT2D eigenvalue weighted by Gasteiger charge is -2.44. The lowest BCUT2D eigenvalue weighted by molar-refractivity contribution is -0.153. The van der Waals surface area contributed by atoms with E-state index in [0.717, 1.165) is 44.7 Å². The van der Waals surface area contributed by atoms with Crippen LogP contribution in [-0.4, -0.2) is 54.7 Å². The first kappa shape index (κ1) is 16.7. The molecule has 136 valence electrons. The number of carbonyl (C=O) groups is 1. The molecule has 0 saturated carbocycles. The van der Waals surface area contributed by atoms with Crippen molar-refractivity contribution >= 4 is 17.3 Å². The van der Waals surface area contributed by atoms with Gasteiger partial charge in [0.1, 0.15) is 11.6 Å². The maximum absolute atomic E-state index is 11.6. The van der Waals surface area contributed by atoms with Crippen LogP contribution in [0.5, 0.6) is 0 Å². The van der Waals surface area contributed by atoms with Crippen LogP contribution in [0.2, 0.25) is 0 Å². The molecule has 1 aromatic rings. The minimum absolute atomic E-state index is 0.217. The van der Waals surface area contributed by atoms with E-state index in [1.54, 1.807) is 0 Å². The van der Waals surface area contributed by atoms with Crippen LogP contribution < -0.4 is 16.4 Å². The Morgan fingerprint density at radius 3 is 2.24 bits per heavy atom. The molecule has 1 aromatic carbocycles. The Kier molecular flexibility index (Phi) is 4.33. The van der Waals surface area contributed by atoms with Gasteiger partial charge in [-0.3, -0.25) is 9.69 Å².